The number of pyridine rings is 1. The Balaban J connectivity index is 2.70. The minimum Gasteiger partial charge on any atom is -0.481 e. The van der Waals surface area contributed by atoms with Crippen LogP contribution in [0.3, 0.4) is 0 Å². The minimum atomic E-state index is -1.15. The summed E-state index contributed by atoms with van der Waals surface area (Å²) in [6.45, 7) is 1.67. The van der Waals surface area contributed by atoms with Crippen LogP contribution in [-0.4, -0.2) is 32.7 Å². The molecule has 9 heteroatoms. The van der Waals surface area contributed by atoms with E-state index in [-0.39, 0.29) is 17.6 Å². The van der Waals surface area contributed by atoms with Crippen molar-refractivity contribution in [2.75, 3.05) is 7.11 Å². The molecule has 1 unspecified atom stereocenters. The molecule has 0 saturated heterocycles. The summed E-state index contributed by atoms with van der Waals surface area (Å²) in [7, 11) is 1.44. The second kappa shape index (κ2) is 6.01. The first kappa shape index (κ1) is 15.1. The molecule has 0 aliphatic heterocycles. The van der Waals surface area contributed by atoms with Gasteiger partial charge in [0.1, 0.15) is 0 Å². The normalized spacial score (nSPS) is 11.2. The fourth-order valence-corrected chi connectivity index (χ4v) is 3.33. The maximum absolute atomic E-state index is 14.1. The Morgan fingerprint density at radius 2 is 2.30 bits per heavy atom. The third-order valence-electron chi connectivity index (χ3n) is 2.69. The summed E-state index contributed by atoms with van der Waals surface area (Å²) in [6.07, 6.45) is 1.19. The van der Waals surface area contributed by atoms with E-state index in [2.05, 4.69) is 10.1 Å². The van der Waals surface area contributed by atoms with Gasteiger partial charge in [-0.3, -0.25) is 0 Å². The lowest BCUT2D eigenvalue weighted by Crippen LogP contribution is -1.99. The molecule has 1 N–H and O–H groups in total. The van der Waals surface area contributed by atoms with Gasteiger partial charge in [-0.1, -0.05) is 0 Å². The second-order valence-electron chi connectivity index (χ2n) is 3.83. The molecule has 20 heavy (non-hydrogen) atoms. The fraction of sp³-hybridized carbons (Fsp3) is 0.182. The average molecular weight is 409 g/mol. The van der Waals surface area contributed by atoms with Crippen molar-refractivity contribution in [3.05, 3.63) is 29.3 Å². The molecule has 0 aromatic carbocycles. The molecule has 0 aliphatic rings. The van der Waals surface area contributed by atoms with Crippen molar-refractivity contribution in [2.24, 2.45) is 0 Å². The van der Waals surface area contributed by atoms with Crippen LogP contribution in [0.4, 0.5) is 4.39 Å². The monoisotopic (exact) mass is 409 g/mol. The number of aromatic nitrogens is 3. The highest BCUT2D eigenvalue weighted by Gasteiger charge is 2.21. The third-order valence-corrected chi connectivity index (χ3v) is 4.56. The molecular weight excluding hydrogens is 399 g/mol. The van der Waals surface area contributed by atoms with Crippen LogP contribution in [0.1, 0.15) is 16.1 Å². The predicted molar refractivity (Wildman–Crippen MR) is 81.4 cm³/mol. The van der Waals surface area contributed by atoms with Gasteiger partial charge in [-0.2, -0.15) is 5.10 Å². The first-order valence-corrected chi connectivity index (χ1v) is 9.45. The number of ether oxygens (including phenoxy) is 1. The lowest BCUT2D eigenvalue weighted by Gasteiger charge is -2.11. The van der Waals surface area contributed by atoms with E-state index >= 15 is 0 Å². The van der Waals surface area contributed by atoms with Gasteiger partial charge in [-0.05, 0) is 35.0 Å². The van der Waals surface area contributed by atoms with Gasteiger partial charge in [0.2, 0.25) is 5.88 Å². The van der Waals surface area contributed by atoms with E-state index in [9.17, 15) is 9.18 Å². The molecule has 2 aromatic rings. The zero-order valence-corrected chi connectivity index (χ0v) is 13.7. The maximum atomic E-state index is 14.1. The van der Waals surface area contributed by atoms with Gasteiger partial charge in [-0.25, -0.2) is 18.6 Å². The van der Waals surface area contributed by atoms with E-state index in [0.29, 0.717) is 17.1 Å². The molecule has 2 heterocycles. The SMILES string of the molecule is COc1ncc(F)c(-c2cc(C(=O)O)nn2PI)c1C. The standard InChI is InChI=1S/C11H10FIN3O3P/c1-5-9(6(12)4-14-10(5)19-2)8-3-7(11(17)18)15-16(8)20-13/h3-4,20H,1-2H3,(H,17,18). The Labute approximate surface area is 128 Å². The Hall–Kier alpha value is -1.28. The number of halogens is 2. The predicted octanol–water partition coefficient (Wildman–Crippen LogP) is 2.89. The number of carbonyl (C=O) groups is 1. The first-order chi connectivity index (χ1) is 9.49. The van der Waals surface area contributed by atoms with Gasteiger partial charge >= 0.3 is 5.97 Å². The van der Waals surface area contributed by atoms with Crippen molar-refractivity contribution in [1.82, 2.24) is 14.5 Å². The van der Waals surface area contributed by atoms with Crippen molar-refractivity contribution in [3.8, 4) is 17.1 Å². The van der Waals surface area contributed by atoms with Crippen molar-refractivity contribution < 1.29 is 19.0 Å². The maximum Gasteiger partial charge on any atom is 0.356 e. The highest BCUT2D eigenvalue weighted by Crippen LogP contribution is 2.36. The van der Waals surface area contributed by atoms with Crippen molar-refractivity contribution >= 4 is 34.4 Å². The molecule has 2 aromatic heterocycles. The number of nitrogens with zero attached hydrogens (tertiary/aromatic N) is 3. The van der Waals surface area contributed by atoms with Crippen LogP contribution in [0, 0.1) is 12.7 Å². The van der Waals surface area contributed by atoms with E-state index in [1.165, 1.54) is 17.6 Å². The van der Waals surface area contributed by atoms with Gasteiger partial charge in [0, 0.05) is 11.1 Å². The molecule has 1 atom stereocenters. The van der Waals surface area contributed by atoms with E-state index < -0.39 is 11.8 Å². The van der Waals surface area contributed by atoms with E-state index in [4.69, 9.17) is 9.84 Å². The first-order valence-electron chi connectivity index (χ1n) is 5.39. The summed E-state index contributed by atoms with van der Waals surface area (Å²) in [4.78, 5) is 14.8. The van der Waals surface area contributed by atoms with Crippen LogP contribution in [0.2, 0.25) is 0 Å². The van der Waals surface area contributed by atoms with Crippen LogP contribution in [0.25, 0.3) is 11.3 Å². The number of hydrogen-bond donors (Lipinski definition) is 1. The highest BCUT2D eigenvalue weighted by molar-refractivity contribution is 14.2. The molecule has 2 rings (SSSR count). The molecule has 0 amide bonds. The smallest absolute Gasteiger partial charge is 0.356 e. The number of rotatable bonds is 4. The molecular formula is C11H10FIN3O3P. The minimum absolute atomic E-state index is 0.126. The summed E-state index contributed by atoms with van der Waals surface area (Å²) in [5, 5.41) is 12.9. The lowest BCUT2D eigenvalue weighted by molar-refractivity contribution is 0.0690. The number of carboxylic acid groups (broad SMARTS) is 1. The van der Waals surface area contributed by atoms with E-state index in [0.717, 1.165) is 6.20 Å². The Bertz CT molecular complexity index is 677. The molecule has 106 valence electrons. The summed E-state index contributed by atoms with van der Waals surface area (Å²) >= 11 is 2.05. The van der Waals surface area contributed by atoms with E-state index in [1.54, 1.807) is 6.92 Å². The average Bonchev–Trinajstić information content (AvgIpc) is 2.83. The van der Waals surface area contributed by atoms with Gasteiger partial charge in [0.05, 0.1) is 25.4 Å². The van der Waals surface area contributed by atoms with Gasteiger partial charge in [-0.15, -0.1) is 0 Å². The van der Waals surface area contributed by atoms with Crippen molar-refractivity contribution in [3.63, 3.8) is 0 Å². The Morgan fingerprint density at radius 1 is 1.60 bits per heavy atom. The molecule has 0 fully saturated rings. The molecule has 0 radical (unpaired) electrons. The van der Waals surface area contributed by atoms with E-state index in [1.807, 2.05) is 22.0 Å². The van der Waals surface area contributed by atoms with Gasteiger partial charge in [0.25, 0.3) is 0 Å². The number of aromatic carboxylic acids is 1. The molecule has 0 bridgehead atoms. The molecule has 0 aliphatic carbocycles. The lowest BCUT2D eigenvalue weighted by atomic mass is 10.1. The molecule has 0 saturated carbocycles. The summed E-state index contributed by atoms with van der Waals surface area (Å²) < 4.78 is 20.6. The Morgan fingerprint density at radius 3 is 2.85 bits per heavy atom. The highest BCUT2D eigenvalue weighted by atomic mass is 127. The van der Waals surface area contributed by atoms with Crippen LogP contribution in [0.5, 0.6) is 5.88 Å². The largest absolute Gasteiger partial charge is 0.481 e. The quantitative estimate of drug-likeness (QED) is 0.621. The molecule has 6 nitrogen and oxygen atoms in total. The second-order valence-corrected chi connectivity index (χ2v) is 5.87. The third kappa shape index (κ3) is 2.62. The van der Waals surface area contributed by atoms with Crippen LogP contribution < -0.4 is 4.74 Å². The topological polar surface area (TPSA) is 77.2 Å². The zero-order valence-electron chi connectivity index (χ0n) is 10.5. The van der Waals surface area contributed by atoms with Crippen molar-refractivity contribution in [2.45, 2.75) is 6.92 Å². The Kier molecular flexibility index (Phi) is 4.54. The fourth-order valence-electron chi connectivity index (χ4n) is 1.81. The van der Waals surface area contributed by atoms with Crippen LogP contribution >= 0.6 is 28.4 Å². The summed E-state index contributed by atoms with van der Waals surface area (Å²) in [5.41, 5.74) is 1.02. The van der Waals surface area contributed by atoms with Crippen LogP contribution in [-0.2, 0) is 0 Å². The van der Waals surface area contributed by atoms with Gasteiger partial charge < -0.3 is 9.84 Å². The van der Waals surface area contributed by atoms with Crippen LogP contribution in [0.15, 0.2) is 12.3 Å². The van der Waals surface area contributed by atoms with Crippen molar-refractivity contribution in [1.29, 1.82) is 0 Å². The molecule has 0 spiro atoms. The summed E-state index contributed by atoms with van der Waals surface area (Å²) in [5.74, 6) is -1.41. The number of carboxylic acids is 1. The zero-order chi connectivity index (χ0) is 14.9. The van der Waals surface area contributed by atoms with Gasteiger partial charge in [0.15, 0.2) is 11.5 Å². The number of hydrogen-bond acceptors (Lipinski definition) is 4. The number of methoxy groups -OCH3 is 1. The summed E-state index contributed by atoms with van der Waals surface area (Å²) in [6, 6.07) is 1.35.